The molecular weight excluding hydrogens is 150 g/mol. The maximum absolute atomic E-state index is 3.88. The molecule has 0 saturated heterocycles. The van der Waals surface area contributed by atoms with E-state index in [1.807, 2.05) is 0 Å². The molecule has 0 aromatic carbocycles. The van der Waals surface area contributed by atoms with Crippen LogP contribution in [0.15, 0.2) is 0 Å². The summed E-state index contributed by atoms with van der Waals surface area (Å²) < 4.78 is 0. The zero-order valence-corrected chi connectivity index (χ0v) is 8.68. The Hall–Kier alpha value is -0.120. The minimum Gasteiger partial charge on any atom is -0.357 e. The molecule has 12 heavy (non-hydrogen) atoms. The van der Waals surface area contributed by atoms with Crippen LogP contribution in [0.1, 0.15) is 20.3 Å². The second kappa shape index (κ2) is 7.53. The van der Waals surface area contributed by atoms with Gasteiger partial charge in [0.1, 0.15) is 0 Å². The summed E-state index contributed by atoms with van der Waals surface area (Å²) in [4.78, 5) is 2.47. The Morgan fingerprint density at radius 2 is 1.67 bits per heavy atom. The van der Waals surface area contributed by atoms with Crippen molar-refractivity contribution >= 4 is 0 Å². The lowest BCUT2D eigenvalue weighted by Gasteiger charge is -2.22. The van der Waals surface area contributed by atoms with Crippen molar-refractivity contribution in [3.8, 4) is 0 Å². The van der Waals surface area contributed by atoms with Crippen LogP contribution >= 0.6 is 0 Å². The molecule has 0 bridgehead atoms. The minimum absolute atomic E-state index is 0.808. The monoisotopic (exact) mass is 175 g/mol. The van der Waals surface area contributed by atoms with Crippen molar-refractivity contribution in [2.75, 3.05) is 32.7 Å². The fraction of sp³-hybridized carbons (Fsp3) is 1.00. The van der Waals surface area contributed by atoms with Gasteiger partial charge in [0, 0.05) is 19.6 Å². The maximum Gasteiger partial charge on any atom is 0.0869 e. The Morgan fingerprint density at radius 1 is 1.17 bits per heavy atom. The molecule has 0 radical (unpaired) electrons. The molecule has 3 nitrogen and oxygen atoms in total. The lowest BCUT2D eigenvalue weighted by molar-refractivity contribution is -0.378. The van der Waals surface area contributed by atoms with Crippen LogP contribution in [0.5, 0.6) is 0 Å². The van der Waals surface area contributed by atoms with Crippen LogP contribution in [-0.2, 0) is 0 Å². The summed E-state index contributed by atoms with van der Waals surface area (Å²) >= 11 is 0. The predicted octanol–water partition coefficient (Wildman–Crippen LogP) is -1.18. The zero-order chi connectivity index (χ0) is 9.40. The molecule has 6 N–H and O–H groups in total. The Balaban J connectivity index is 3.61. The van der Waals surface area contributed by atoms with Gasteiger partial charge in [-0.05, 0) is 5.92 Å². The summed E-state index contributed by atoms with van der Waals surface area (Å²) in [5, 5.41) is 0. The van der Waals surface area contributed by atoms with Crippen molar-refractivity contribution in [2.45, 2.75) is 20.3 Å². The van der Waals surface area contributed by atoms with Gasteiger partial charge >= 0.3 is 0 Å². The van der Waals surface area contributed by atoms with E-state index in [4.69, 9.17) is 0 Å². The third-order valence-corrected chi connectivity index (χ3v) is 2.22. The van der Waals surface area contributed by atoms with Crippen LogP contribution in [-0.4, -0.2) is 37.6 Å². The summed E-state index contributed by atoms with van der Waals surface area (Å²) in [7, 11) is 0. The summed E-state index contributed by atoms with van der Waals surface area (Å²) in [6, 6.07) is 0. The van der Waals surface area contributed by atoms with E-state index in [0.29, 0.717) is 0 Å². The van der Waals surface area contributed by atoms with Crippen LogP contribution in [0.2, 0.25) is 0 Å². The van der Waals surface area contributed by atoms with E-state index < -0.39 is 0 Å². The van der Waals surface area contributed by atoms with Gasteiger partial charge in [0.25, 0.3) is 0 Å². The Morgan fingerprint density at radius 3 is 2.00 bits per heavy atom. The number of hydrogen-bond acceptors (Lipinski definition) is 1. The normalized spacial score (nSPS) is 13.8. The van der Waals surface area contributed by atoms with Gasteiger partial charge in [-0.25, -0.2) is 0 Å². The molecule has 0 saturated carbocycles. The zero-order valence-electron chi connectivity index (χ0n) is 8.68. The average Bonchev–Trinajstić information content (AvgIpc) is 2.05. The van der Waals surface area contributed by atoms with Crippen molar-refractivity contribution < 1.29 is 11.5 Å². The van der Waals surface area contributed by atoms with Gasteiger partial charge in [-0.2, -0.15) is 0 Å². The van der Waals surface area contributed by atoms with Crippen LogP contribution in [0.4, 0.5) is 0 Å². The molecule has 0 heterocycles. The topological polar surface area (TPSA) is 58.5 Å². The molecule has 3 heteroatoms. The van der Waals surface area contributed by atoms with Gasteiger partial charge in [0.15, 0.2) is 0 Å². The first-order chi connectivity index (χ1) is 5.74. The van der Waals surface area contributed by atoms with Gasteiger partial charge in [0.2, 0.25) is 0 Å². The minimum atomic E-state index is 0.808. The van der Waals surface area contributed by atoms with E-state index in [1.54, 1.807) is 0 Å². The maximum atomic E-state index is 3.88. The van der Waals surface area contributed by atoms with Crippen LogP contribution in [0, 0.1) is 5.92 Å². The van der Waals surface area contributed by atoms with Crippen molar-refractivity contribution in [1.29, 1.82) is 0 Å². The lowest BCUT2D eigenvalue weighted by atomic mass is 10.1. The fourth-order valence-electron chi connectivity index (χ4n) is 1.31. The number of nitrogens with zero attached hydrogens (tertiary/aromatic N) is 1. The van der Waals surface area contributed by atoms with Crippen molar-refractivity contribution in [3.63, 3.8) is 0 Å². The lowest BCUT2D eigenvalue weighted by Crippen LogP contribution is -2.59. The Kier molecular flexibility index (Phi) is 7.45. The van der Waals surface area contributed by atoms with E-state index in [1.165, 1.54) is 13.0 Å². The molecule has 0 spiro atoms. The third kappa shape index (κ3) is 5.52. The van der Waals surface area contributed by atoms with E-state index >= 15 is 0 Å². The van der Waals surface area contributed by atoms with Crippen molar-refractivity contribution in [2.24, 2.45) is 5.92 Å². The van der Waals surface area contributed by atoms with Gasteiger partial charge < -0.3 is 11.5 Å². The first kappa shape index (κ1) is 11.9. The smallest absolute Gasteiger partial charge is 0.0869 e. The van der Waals surface area contributed by atoms with E-state index in [9.17, 15) is 0 Å². The highest BCUT2D eigenvalue weighted by Gasteiger charge is 2.08. The summed E-state index contributed by atoms with van der Waals surface area (Å²) in [5.74, 6) is 0.808. The van der Waals surface area contributed by atoms with E-state index in [-0.39, 0.29) is 0 Å². The molecule has 1 atom stereocenters. The largest absolute Gasteiger partial charge is 0.357 e. The second-order valence-electron chi connectivity index (χ2n) is 3.52. The molecule has 0 fully saturated rings. The molecule has 0 aliphatic rings. The summed E-state index contributed by atoms with van der Waals surface area (Å²) in [6.45, 7) is 10.0. The van der Waals surface area contributed by atoms with Gasteiger partial charge in [0.05, 0.1) is 13.1 Å². The van der Waals surface area contributed by atoms with Crippen LogP contribution in [0.25, 0.3) is 0 Å². The van der Waals surface area contributed by atoms with Gasteiger partial charge in [-0.1, -0.05) is 20.3 Å². The fourth-order valence-corrected chi connectivity index (χ4v) is 1.31. The number of hydrogen-bond donors (Lipinski definition) is 2. The van der Waals surface area contributed by atoms with E-state index in [2.05, 4.69) is 30.2 Å². The third-order valence-electron chi connectivity index (χ3n) is 2.22. The van der Waals surface area contributed by atoms with Crippen molar-refractivity contribution in [1.82, 2.24) is 4.90 Å². The molecule has 0 aromatic heterocycles. The Bertz CT molecular complexity index is 89.8. The predicted molar refractivity (Wildman–Crippen MR) is 51.4 cm³/mol. The highest BCUT2D eigenvalue weighted by molar-refractivity contribution is 4.60. The summed E-state index contributed by atoms with van der Waals surface area (Å²) in [5.41, 5.74) is 7.76. The highest BCUT2D eigenvalue weighted by Crippen LogP contribution is 2.02. The number of rotatable bonds is 7. The standard InChI is InChI=1S/C9H23N3/c1-3-9(2)8-12(6-4-10)7-5-11/h9H,3-8,10-11H2,1-2H3/p+2. The molecule has 0 aliphatic heterocycles. The van der Waals surface area contributed by atoms with Crippen LogP contribution < -0.4 is 11.5 Å². The quantitative estimate of drug-likeness (QED) is 0.503. The molecule has 0 rings (SSSR count). The van der Waals surface area contributed by atoms with Crippen LogP contribution in [0.3, 0.4) is 0 Å². The molecule has 74 valence electrons. The Labute approximate surface area is 76.1 Å². The highest BCUT2D eigenvalue weighted by atomic mass is 15.1. The summed E-state index contributed by atoms with van der Waals surface area (Å²) in [6.07, 6.45) is 1.27. The molecule has 0 aromatic rings. The molecular formula is C9H25N3+2. The molecule has 0 aliphatic carbocycles. The van der Waals surface area contributed by atoms with Gasteiger partial charge in [-0.15, -0.1) is 0 Å². The molecule has 0 amide bonds. The molecule has 1 unspecified atom stereocenters. The van der Waals surface area contributed by atoms with E-state index in [0.717, 1.165) is 32.1 Å². The second-order valence-corrected chi connectivity index (χ2v) is 3.52. The first-order valence-electron chi connectivity index (χ1n) is 5.05. The number of quaternary nitrogens is 2. The average molecular weight is 175 g/mol. The SMILES string of the molecule is CCC(C)CN(CC[NH3+])CC[NH3+]. The van der Waals surface area contributed by atoms with Crippen molar-refractivity contribution in [3.05, 3.63) is 0 Å². The van der Waals surface area contributed by atoms with Gasteiger partial charge in [-0.3, -0.25) is 4.90 Å². The first-order valence-corrected chi connectivity index (χ1v) is 5.05.